The number of pyridine rings is 1. The molecule has 0 radical (unpaired) electrons. The fraction of sp³-hybridized carbons (Fsp3) is 0.625. The first-order valence-corrected chi connectivity index (χ1v) is 7.46. The molecule has 1 aromatic heterocycles. The van der Waals surface area contributed by atoms with Crippen LogP contribution in [0.5, 0.6) is 0 Å². The molecular formula is C16H19NO2. The van der Waals surface area contributed by atoms with Crippen molar-refractivity contribution in [1.29, 1.82) is 0 Å². The van der Waals surface area contributed by atoms with Gasteiger partial charge in [0.25, 0.3) is 0 Å². The molecule has 3 aliphatic rings. The fourth-order valence-corrected chi connectivity index (χ4v) is 4.66. The van der Waals surface area contributed by atoms with Gasteiger partial charge in [-0.1, -0.05) is 18.9 Å². The maximum Gasteiger partial charge on any atom is 0.310 e. The van der Waals surface area contributed by atoms with E-state index in [-0.39, 0.29) is 11.9 Å². The number of carbonyl (C=O) groups excluding carboxylic acids is 1. The summed E-state index contributed by atoms with van der Waals surface area (Å²) >= 11 is 0. The van der Waals surface area contributed by atoms with Gasteiger partial charge in [0.05, 0.1) is 11.6 Å². The van der Waals surface area contributed by atoms with Crippen LogP contribution in [-0.2, 0) is 15.1 Å². The van der Waals surface area contributed by atoms with E-state index in [9.17, 15) is 4.79 Å². The molecule has 2 heterocycles. The van der Waals surface area contributed by atoms with Crippen LogP contribution in [0.1, 0.15) is 44.2 Å². The van der Waals surface area contributed by atoms with Gasteiger partial charge in [0.2, 0.25) is 0 Å². The van der Waals surface area contributed by atoms with Crippen molar-refractivity contribution in [3.8, 4) is 0 Å². The molecule has 4 rings (SSSR count). The quantitative estimate of drug-likeness (QED) is 0.726. The van der Waals surface area contributed by atoms with Gasteiger partial charge in [0, 0.05) is 12.1 Å². The molecule has 3 fully saturated rings. The van der Waals surface area contributed by atoms with Gasteiger partial charge >= 0.3 is 5.97 Å². The van der Waals surface area contributed by atoms with Crippen molar-refractivity contribution in [3.63, 3.8) is 0 Å². The van der Waals surface area contributed by atoms with E-state index in [2.05, 4.69) is 4.98 Å². The molecule has 0 amide bonds. The van der Waals surface area contributed by atoms with Crippen LogP contribution >= 0.6 is 0 Å². The molecule has 100 valence electrons. The molecule has 4 atom stereocenters. The number of hydrogen-bond acceptors (Lipinski definition) is 3. The van der Waals surface area contributed by atoms with E-state index in [1.54, 1.807) is 0 Å². The molecule has 3 heteroatoms. The lowest BCUT2D eigenvalue weighted by atomic mass is 9.76. The van der Waals surface area contributed by atoms with Crippen molar-refractivity contribution < 1.29 is 9.53 Å². The van der Waals surface area contributed by atoms with Crippen molar-refractivity contribution in [2.45, 2.75) is 44.1 Å². The van der Waals surface area contributed by atoms with Gasteiger partial charge in [-0.3, -0.25) is 9.78 Å². The highest BCUT2D eigenvalue weighted by atomic mass is 16.6. The molecule has 0 spiro atoms. The number of ether oxygens (including phenoxy) is 1. The van der Waals surface area contributed by atoms with Gasteiger partial charge in [-0.15, -0.1) is 0 Å². The summed E-state index contributed by atoms with van der Waals surface area (Å²) in [4.78, 5) is 16.8. The van der Waals surface area contributed by atoms with Gasteiger partial charge < -0.3 is 4.74 Å². The summed E-state index contributed by atoms with van der Waals surface area (Å²) in [6.07, 6.45) is 8.66. The van der Waals surface area contributed by atoms with Crippen molar-refractivity contribution in [1.82, 2.24) is 4.98 Å². The van der Waals surface area contributed by atoms with Gasteiger partial charge in [-0.05, 0) is 43.7 Å². The summed E-state index contributed by atoms with van der Waals surface area (Å²) in [7, 11) is 0. The molecular weight excluding hydrogens is 238 g/mol. The van der Waals surface area contributed by atoms with Crippen LogP contribution in [0, 0.1) is 17.8 Å². The molecule has 0 unspecified atom stereocenters. The van der Waals surface area contributed by atoms with Crippen LogP contribution in [0.2, 0.25) is 0 Å². The fourth-order valence-electron chi connectivity index (χ4n) is 4.66. The van der Waals surface area contributed by atoms with E-state index in [4.69, 9.17) is 4.74 Å². The van der Waals surface area contributed by atoms with Gasteiger partial charge in [0.15, 0.2) is 5.60 Å². The van der Waals surface area contributed by atoms with Crippen LogP contribution in [0.15, 0.2) is 24.4 Å². The topological polar surface area (TPSA) is 39.2 Å². The third kappa shape index (κ3) is 1.50. The lowest BCUT2D eigenvalue weighted by Crippen LogP contribution is -2.32. The number of aromatic nitrogens is 1. The Hall–Kier alpha value is -1.38. The van der Waals surface area contributed by atoms with Crippen LogP contribution in [0.3, 0.4) is 0 Å². The first-order chi connectivity index (χ1) is 9.31. The van der Waals surface area contributed by atoms with E-state index in [1.165, 1.54) is 25.7 Å². The first-order valence-electron chi connectivity index (χ1n) is 7.46. The zero-order chi connectivity index (χ0) is 12.9. The Morgan fingerprint density at radius 3 is 2.95 bits per heavy atom. The molecule has 1 aromatic rings. The summed E-state index contributed by atoms with van der Waals surface area (Å²) in [5, 5.41) is 0. The lowest BCUT2D eigenvalue weighted by Gasteiger charge is -2.29. The van der Waals surface area contributed by atoms with Crippen LogP contribution < -0.4 is 0 Å². The molecule has 1 aliphatic heterocycles. The molecule has 2 saturated carbocycles. The third-order valence-corrected chi connectivity index (χ3v) is 5.39. The van der Waals surface area contributed by atoms with Gasteiger partial charge in [0.1, 0.15) is 0 Å². The van der Waals surface area contributed by atoms with Crippen LogP contribution in [-0.4, -0.2) is 11.0 Å². The maximum atomic E-state index is 12.3. The Labute approximate surface area is 113 Å². The van der Waals surface area contributed by atoms with E-state index < -0.39 is 5.60 Å². The van der Waals surface area contributed by atoms with Crippen molar-refractivity contribution in [2.75, 3.05) is 0 Å². The smallest absolute Gasteiger partial charge is 0.310 e. The van der Waals surface area contributed by atoms with Gasteiger partial charge in [-0.25, -0.2) is 0 Å². The zero-order valence-electron chi connectivity index (χ0n) is 11.0. The highest BCUT2D eigenvalue weighted by Crippen LogP contribution is 2.60. The van der Waals surface area contributed by atoms with E-state index in [0.29, 0.717) is 11.8 Å². The monoisotopic (exact) mass is 257 g/mol. The third-order valence-electron chi connectivity index (χ3n) is 5.39. The second-order valence-electron chi connectivity index (χ2n) is 6.24. The minimum atomic E-state index is -0.405. The van der Waals surface area contributed by atoms with E-state index >= 15 is 0 Å². The highest BCUT2D eigenvalue weighted by Gasteiger charge is 2.63. The molecule has 1 saturated heterocycles. The largest absolute Gasteiger partial charge is 0.452 e. The number of rotatable bonds is 1. The minimum Gasteiger partial charge on any atom is -0.452 e. The molecule has 19 heavy (non-hydrogen) atoms. The number of nitrogens with zero attached hydrogens (tertiary/aromatic N) is 1. The number of esters is 1. The predicted molar refractivity (Wildman–Crippen MR) is 70.2 cm³/mol. The van der Waals surface area contributed by atoms with Crippen molar-refractivity contribution in [2.24, 2.45) is 17.8 Å². The van der Waals surface area contributed by atoms with Crippen molar-refractivity contribution in [3.05, 3.63) is 30.1 Å². The highest BCUT2D eigenvalue weighted by molar-refractivity contribution is 5.76. The molecule has 0 N–H and O–H groups in total. The van der Waals surface area contributed by atoms with Crippen LogP contribution in [0.4, 0.5) is 0 Å². The average Bonchev–Trinajstić information content (AvgIpc) is 2.82. The summed E-state index contributed by atoms with van der Waals surface area (Å²) in [5.74, 6) is 1.18. The molecule has 3 nitrogen and oxygen atoms in total. The van der Waals surface area contributed by atoms with Crippen molar-refractivity contribution >= 4 is 5.97 Å². The Morgan fingerprint density at radius 1 is 1.21 bits per heavy atom. The Morgan fingerprint density at radius 2 is 2.11 bits per heavy atom. The molecule has 2 aliphatic carbocycles. The predicted octanol–water partition coefficient (Wildman–Crippen LogP) is 3.05. The number of hydrogen-bond donors (Lipinski definition) is 0. The second kappa shape index (κ2) is 4.06. The Balaban J connectivity index is 1.82. The maximum absolute atomic E-state index is 12.3. The standard InChI is InChI=1S/C16H19NO2/c18-15-12-6-2-1-5-11-8-9-16(19-15,14(11)12)13-7-3-4-10-17-13/h3-4,7,10-12,14H,1-2,5-6,8-9H2/t11-,12+,14-,16+/m0/s1. The average molecular weight is 257 g/mol. The van der Waals surface area contributed by atoms with Gasteiger partial charge in [-0.2, -0.15) is 0 Å². The first kappa shape index (κ1) is 11.4. The lowest BCUT2D eigenvalue weighted by molar-refractivity contribution is -0.152. The van der Waals surface area contributed by atoms with E-state index in [1.807, 2.05) is 24.4 Å². The Bertz CT molecular complexity index is 501. The summed E-state index contributed by atoms with van der Waals surface area (Å²) in [5.41, 5.74) is 0.568. The molecule has 0 aromatic carbocycles. The number of carbonyl (C=O) groups is 1. The zero-order valence-corrected chi connectivity index (χ0v) is 11.0. The minimum absolute atomic E-state index is 0.0299. The normalized spacial score (nSPS) is 40.6. The second-order valence-corrected chi connectivity index (χ2v) is 6.24. The Kier molecular flexibility index (Phi) is 2.44. The molecule has 0 bridgehead atoms. The SMILES string of the molecule is O=C1O[C@@]2(c3ccccn3)CC[C@@H]3CCCC[C@@H]1[C@H]32. The summed E-state index contributed by atoms with van der Waals surface area (Å²) < 4.78 is 5.93. The summed E-state index contributed by atoms with van der Waals surface area (Å²) in [6.45, 7) is 0. The summed E-state index contributed by atoms with van der Waals surface area (Å²) in [6, 6.07) is 5.96. The van der Waals surface area contributed by atoms with Crippen LogP contribution in [0.25, 0.3) is 0 Å². The van der Waals surface area contributed by atoms with E-state index in [0.717, 1.165) is 18.5 Å².